The Hall–Kier alpha value is -2.36. The first-order valence-electron chi connectivity index (χ1n) is 8.40. The van der Waals surface area contributed by atoms with E-state index in [0.717, 1.165) is 11.3 Å². The number of guanidine groups is 1. The number of para-hydroxylation sites is 1. The van der Waals surface area contributed by atoms with Crippen molar-refractivity contribution < 1.29 is 4.79 Å². The Bertz CT molecular complexity index is 757. The maximum atomic E-state index is 11.8. The van der Waals surface area contributed by atoms with Crippen molar-refractivity contribution in [2.75, 3.05) is 34.2 Å². The van der Waals surface area contributed by atoms with Crippen molar-refractivity contribution in [2.24, 2.45) is 4.99 Å². The number of likely N-dealkylation sites (N-methyl/N-ethyl adjacent to an activating group) is 1. The molecule has 0 aliphatic carbocycles. The fraction of sp³-hybridized carbons (Fsp3) is 0.316. The third-order valence-electron chi connectivity index (χ3n) is 3.71. The van der Waals surface area contributed by atoms with E-state index in [2.05, 4.69) is 22.0 Å². The first-order valence-corrected chi connectivity index (χ1v) is 8.40. The molecule has 0 spiro atoms. The molecule has 0 atom stereocenters. The molecule has 0 saturated carbocycles. The Labute approximate surface area is 177 Å². The summed E-state index contributed by atoms with van der Waals surface area (Å²) in [5.41, 5.74) is 2.06. The van der Waals surface area contributed by atoms with Crippen LogP contribution in [-0.2, 0) is 11.3 Å². The van der Waals surface area contributed by atoms with E-state index in [4.69, 9.17) is 0 Å². The van der Waals surface area contributed by atoms with E-state index >= 15 is 0 Å². The highest BCUT2D eigenvalue weighted by atomic mass is 127. The zero-order valence-corrected chi connectivity index (χ0v) is 18.3. The van der Waals surface area contributed by atoms with Crippen LogP contribution >= 0.6 is 24.0 Å². The van der Waals surface area contributed by atoms with E-state index in [0.29, 0.717) is 19.0 Å². The topological polar surface area (TPSA) is 65.8 Å². The molecule has 2 rings (SSSR count). The lowest BCUT2D eigenvalue weighted by Crippen LogP contribution is -2.39. The quantitative estimate of drug-likeness (QED) is 0.284. The average molecular weight is 482 g/mol. The van der Waals surface area contributed by atoms with Gasteiger partial charge in [-0.2, -0.15) is 5.10 Å². The van der Waals surface area contributed by atoms with E-state index in [1.54, 1.807) is 20.2 Å². The van der Waals surface area contributed by atoms with Crippen LogP contribution in [0.1, 0.15) is 5.56 Å². The molecule has 0 radical (unpaired) electrons. The average Bonchev–Trinajstić information content (AvgIpc) is 3.10. The van der Waals surface area contributed by atoms with Crippen LogP contribution in [0.4, 0.5) is 0 Å². The molecule has 1 N–H and O–H groups in total. The molecule has 0 saturated heterocycles. The van der Waals surface area contributed by atoms with Gasteiger partial charge in [0.1, 0.15) is 6.54 Å². The van der Waals surface area contributed by atoms with Gasteiger partial charge in [0.15, 0.2) is 5.96 Å². The molecule has 0 unspecified atom stereocenters. The van der Waals surface area contributed by atoms with E-state index in [1.807, 2.05) is 59.4 Å². The molecule has 1 aromatic carbocycles. The Morgan fingerprint density at radius 3 is 2.63 bits per heavy atom. The largest absolute Gasteiger partial charge is 0.353 e. The molecule has 7 nitrogen and oxygen atoms in total. The van der Waals surface area contributed by atoms with Crippen molar-refractivity contribution in [2.45, 2.75) is 6.54 Å². The highest BCUT2D eigenvalue weighted by molar-refractivity contribution is 14.0. The Kier molecular flexibility index (Phi) is 9.55. The van der Waals surface area contributed by atoms with Gasteiger partial charge in [0, 0.05) is 46.0 Å². The number of aromatic nitrogens is 2. The summed E-state index contributed by atoms with van der Waals surface area (Å²) in [5, 5.41) is 7.59. The highest BCUT2D eigenvalue weighted by Gasteiger charge is 2.10. The highest BCUT2D eigenvalue weighted by Crippen LogP contribution is 2.09. The Morgan fingerprint density at radius 1 is 1.30 bits per heavy atom. The SMILES string of the molecule is C=CCNC(=NCC(=O)N(C)C)N(C)Cc1cnn(-c2ccccc2)c1.I. The molecule has 1 aromatic heterocycles. The van der Waals surface area contributed by atoms with Gasteiger partial charge in [-0.25, -0.2) is 9.67 Å². The second-order valence-electron chi connectivity index (χ2n) is 6.08. The Morgan fingerprint density at radius 2 is 2.00 bits per heavy atom. The molecular formula is C19H27IN6O. The standard InChI is InChI=1S/C19H26N6O.HI/c1-5-11-20-19(21-13-18(26)23(2)3)24(4)14-16-12-22-25(15-16)17-9-7-6-8-10-17;/h5-10,12,15H,1,11,13-14H2,2-4H3,(H,20,21);1H. The minimum Gasteiger partial charge on any atom is -0.353 e. The number of aliphatic imine (C=N–C) groups is 1. The lowest BCUT2D eigenvalue weighted by atomic mass is 10.3. The van der Waals surface area contributed by atoms with Gasteiger partial charge >= 0.3 is 0 Å². The van der Waals surface area contributed by atoms with Crippen molar-refractivity contribution in [1.29, 1.82) is 0 Å². The van der Waals surface area contributed by atoms with Crippen LogP contribution in [0.15, 0.2) is 60.4 Å². The fourth-order valence-corrected chi connectivity index (χ4v) is 2.27. The summed E-state index contributed by atoms with van der Waals surface area (Å²) in [6.07, 6.45) is 5.58. The minimum absolute atomic E-state index is 0. The van der Waals surface area contributed by atoms with E-state index < -0.39 is 0 Å². The number of rotatable bonds is 7. The first-order chi connectivity index (χ1) is 12.5. The second-order valence-corrected chi connectivity index (χ2v) is 6.08. The first kappa shape index (κ1) is 22.7. The van der Waals surface area contributed by atoms with Crippen molar-refractivity contribution >= 4 is 35.8 Å². The lowest BCUT2D eigenvalue weighted by molar-refractivity contribution is -0.127. The van der Waals surface area contributed by atoms with Crippen LogP contribution in [0.5, 0.6) is 0 Å². The predicted octanol–water partition coefficient (Wildman–Crippen LogP) is 2.14. The molecule has 0 aliphatic heterocycles. The molecule has 1 heterocycles. The molecule has 2 aromatic rings. The summed E-state index contributed by atoms with van der Waals surface area (Å²) in [6.45, 7) is 5.00. The molecule has 8 heteroatoms. The van der Waals surface area contributed by atoms with Gasteiger partial charge in [-0.05, 0) is 12.1 Å². The number of hydrogen-bond donors (Lipinski definition) is 1. The summed E-state index contributed by atoms with van der Waals surface area (Å²) < 4.78 is 1.84. The van der Waals surface area contributed by atoms with Gasteiger partial charge in [0.2, 0.25) is 5.91 Å². The van der Waals surface area contributed by atoms with Crippen molar-refractivity contribution in [1.82, 2.24) is 24.9 Å². The monoisotopic (exact) mass is 482 g/mol. The van der Waals surface area contributed by atoms with Crippen LogP contribution < -0.4 is 5.32 Å². The lowest BCUT2D eigenvalue weighted by Gasteiger charge is -2.21. The zero-order chi connectivity index (χ0) is 18.9. The normalized spacial score (nSPS) is 10.7. The zero-order valence-electron chi connectivity index (χ0n) is 16.0. The predicted molar refractivity (Wildman–Crippen MR) is 120 cm³/mol. The molecule has 146 valence electrons. The number of halogens is 1. The number of hydrogen-bond acceptors (Lipinski definition) is 3. The van der Waals surface area contributed by atoms with E-state index in [9.17, 15) is 4.79 Å². The van der Waals surface area contributed by atoms with Gasteiger partial charge < -0.3 is 15.1 Å². The minimum atomic E-state index is -0.0480. The fourth-order valence-electron chi connectivity index (χ4n) is 2.27. The third kappa shape index (κ3) is 7.05. The van der Waals surface area contributed by atoms with Gasteiger partial charge in [-0.15, -0.1) is 30.6 Å². The maximum absolute atomic E-state index is 11.8. The molecule has 0 aliphatic rings. The van der Waals surface area contributed by atoms with Gasteiger partial charge in [-0.3, -0.25) is 4.79 Å². The number of carbonyl (C=O) groups is 1. The van der Waals surface area contributed by atoms with Crippen molar-refractivity contribution in [3.8, 4) is 5.69 Å². The van der Waals surface area contributed by atoms with E-state index in [-0.39, 0.29) is 36.4 Å². The molecule has 0 bridgehead atoms. The smallest absolute Gasteiger partial charge is 0.243 e. The molecular weight excluding hydrogens is 455 g/mol. The van der Waals surface area contributed by atoms with E-state index in [1.165, 1.54) is 4.90 Å². The van der Waals surface area contributed by atoms with Crippen LogP contribution in [0, 0.1) is 0 Å². The molecule has 1 amide bonds. The van der Waals surface area contributed by atoms with Crippen LogP contribution in [0.2, 0.25) is 0 Å². The summed E-state index contributed by atoms with van der Waals surface area (Å²) in [6, 6.07) is 9.95. The Balaban J connectivity index is 0.00000364. The molecule has 0 fully saturated rings. The summed E-state index contributed by atoms with van der Waals surface area (Å²) >= 11 is 0. The van der Waals surface area contributed by atoms with Gasteiger partial charge in [0.05, 0.1) is 11.9 Å². The molecule has 27 heavy (non-hydrogen) atoms. The van der Waals surface area contributed by atoms with Crippen LogP contribution in [-0.4, -0.2) is 65.7 Å². The summed E-state index contributed by atoms with van der Waals surface area (Å²) in [5.74, 6) is 0.598. The number of benzene rings is 1. The number of nitrogens with one attached hydrogen (secondary N) is 1. The van der Waals surface area contributed by atoms with Crippen LogP contribution in [0.3, 0.4) is 0 Å². The van der Waals surface area contributed by atoms with Gasteiger partial charge in [-0.1, -0.05) is 24.3 Å². The van der Waals surface area contributed by atoms with Crippen molar-refractivity contribution in [3.05, 3.63) is 60.9 Å². The number of amides is 1. The van der Waals surface area contributed by atoms with Crippen molar-refractivity contribution in [3.63, 3.8) is 0 Å². The maximum Gasteiger partial charge on any atom is 0.243 e. The summed E-state index contributed by atoms with van der Waals surface area (Å²) in [7, 11) is 5.36. The third-order valence-corrected chi connectivity index (χ3v) is 3.71. The summed E-state index contributed by atoms with van der Waals surface area (Å²) in [4.78, 5) is 19.7. The number of nitrogens with zero attached hydrogens (tertiary/aromatic N) is 5. The van der Waals surface area contributed by atoms with Gasteiger partial charge in [0.25, 0.3) is 0 Å². The second kappa shape index (κ2) is 11.4. The van der Waals surface area contributed by atoms with Crippen LogP contribution in [0.25, 0.3) is 5.69 Å². The number of carbonyl (C=O) groups excluding carboxylic acids is 1.